The summed E-state index contributed by atoms with van der Waals surface area (Å²) < 4.78 is 15.1. The lowest BCUT2D eigenvalue weighted by atomic mass is 10.1. The van der Waals surface area contributed by atoms with E-state index >= 15 is 0 Å². The van der Waals surface area contributed by atoms with Gasteiger partial charge in [0.25, 0.3) is 5.91 Å². The van der Waals surface area contributed by atoms with Crippen LogP contribution < -0.4 is 4.74 Å². The average molecular weight is 332 g/mol. The number of rotatable bonds is 4. The molecule has 3 heterocycles. The molecule has 0 radical (unpaired) electrons. The summed E-state index contributed by atoms with van der Waals surface area (Å²) in [5, 5.41) is 4.31. The summed E-state index contributed by atoms with van der Waals surface area (Å²) >= 11 is 0. The highest BCUT2D eigenvalue weighted by Crippen LogP contribution is 2.25. The molecule has 0 saturated carbocycles. The van der Waals surface area contributed by atoms with E-state index in [1.165, 1.54) is 0 Å². The van der Waals surface area contributed by atoms with Crippen molar-refractivity contribution in [1.29, 1.82) is 0 Å². The van der Waals surface area contributed by atoms with Crippen LogP contribution in [0.25, 0.3) is 0 Å². The van der Waals surface area contributed by atoms with Gasteiger partial charge in [0.1, 0.15) is 5.69 Å². The van der Waals surface area contributed by atoms with Crippen LogP contribution in [0, 0.1) is 13.8 Å². The minimum absolute atomic E-state index is 0.00823. The molecule has 24 heavy (non-hydrogen) atoms. The molecule has 1 amide bonds. The molecule has 7 nitrogen and oxygen atoms in total. The van der Waals surface area contributed by atoms with Crippen molar-refractivity contribution in [2.24, 2.45) is 14.1 Å². The molecular formula is C17H24N4O3. The van der Waals surface area contributed by atoms with E-state index in [0.29, 0.717) is 25.5 Å². The maximum Gasteiger partial charge on any atom is 0.261 e. The molecule has 2 aromatic rings. The van der Waals surface area contributed by atoms with Gasteiger partial charge in [0.2, 0.25) is 0 Å². The number of aromatic nitrogens is 3. The minimum atomic E-state index is -0.0778. The predicted octanol–water partition coefficient (Wildman–Crippen LogP) is 1.35. The first kappa shape index (κ1) is 16.6. The summed E-state index contributed by atoms with van der Waals surface area (Å²) in [6, 6.07) is 3.92. The number of ether oxygens (including phenoxy) is 2. The fourth-order valence-electron chi connectivity index (χ4n) is 3.15. The Labute approximate surface area is 141 Å². The second-order valence-electron chi connectivity index (χ2n) is 6.13. The number of nitrogens with zero attached hydrogens (tertiary/aromatic N) is 4. The van der Waals surface area contributed by atoms with Crippen LogP contribution in [0.1, 0.15) is 23.1 Å². The van der Waals surface area contributed by atoms with Crippen molar-refractivity contribution in [2.45, 2.75) is 19.9 Å². The van der Waals surface area contributed by atoms with Crippen molar-refractivity contribution in [2.75, 3.05) is 26.4 Å². The molecule has 0 N–H and O–H groups in total. The van der Waals surface area contributed by atoms with Crippen molar-refractivity contribution >= 4 is 5.91 Å². The Morgan fingerprint density at radius 2 is 2.21 bits per heavy atom. The Morgan fingerprint density at radius 1 is 1.42 bits per heavy atom. The van der Waals surface area contributed by atoms with Gasteiger partial charge in [-0.15, -0.1) is 0 Å². The molecule has 1 aliphatic rings. The third-order valence-corrected chi connectivity index (χ3v) is 4.56. The maximum absolute atomic E-state index is 12.7. The van der Waals surface area contributed by atoms with Gasteiger partial charge in [-0.2, -0.15) is 5.10 Å². The van der Waals surface area contributed by atoms with Crippen LogP contribution in [0.2, 0.25) is 0 Å². The van der Waals surface area contributed by atoms with Gasteiger partial charge in [-0.05, 0) is 26.0 Å². The molecule has 7 heteroatoms. The maximum atomic E-state index is 12.7. The van der Waals surface area contributed by atoms with Gasteiger partial charge in [0, 0.05) is 32.5 Å². The molecule has 130 valence electrons. The number of morpholine rings is 1. The second-order valence-corrected chi connectivity index (χ2v) is 6.13. The Balaban J connectivity index is 1.72. The van der Waals surface area contributed by atoms with Crippen LogP contribution in [-0.4, -0.2) is 51.5 Å². The molecule has 2 aromatic heterocycles. The van der Waals surface area contributed by atoms with E-state index in [1.807, 2.05) is 55.7 Å². The Morgan fingerprint density at radius 3 is 2.83 bits per heavy atom. The number of carbonyl (C=O) groups excluding carboxylic acids is 1. The number of hydrogen-bond acceptors (Lipinski definition) is 4. The lowest BCUT2D eigenvalue weighted by Gasteiger charge is -2.35. The van der Waals surface area contributed by atoms with E-state index in [9.17, 15) is 4.79 Å². The topological polar surface area (TPSA) is 61.5 Å². The monoisotopic (exact) mass is 332 g/mol. The Bertz CT molecular complexity index is 734. The number of hydrogen-bond donors (Lipinski definition) is 0. The van der Waals surface area contributed by atoms with E-state index in [1.54, 1.807) is 4.68 Å². The largest absolute Gasteiger partial charge is 0.480 e. The van der Waals surface area contributed by atoms with Crippen LogP contribution in [0.3, 0.4) is 0 Å². The number of aryl methyl sites for hydroxylation is 3. The first-order valence-corrected chi connectivity index (χ1v) is 8.10. The summed E-state index contributed by atoms with van der Waals surface area (Å²) in [6.07, 6.45) is 1.98. The lowest BCUT2D eigenvalue weighted by Crippen LogP contribution is -2.45. The van der Waals surface area contributed by atoms with Crippen molar-refractivity contribution < 1.29 is 14.3 Å². The lowest BCUT2D eigenvalue weighted by molar-refractivity contribution is -0.142. The van der Waals surface area contributed by atoms with E-state index in [-0.39, 0.29) is 18.6 Å². The SMILES string of the molecule is Cc1nn(C)c(C)c1OCC(=O)N1CCOC[C@@H]1c1cccn1C. The highest BCUT2D eigenvalue weighted by atomic mass is 16.5. The number of amides is 1. The first-order chi connectivity index (χ1) is 11.5. The predicted molar refractivity (Wildman–Crippen MR) is 88.9 cm³/mol. The fourth-order valence-corrected chi connectivity index (χ4v) is 3.15. The molecule has 3 rings (SSSR count). The van der Waals surface area contributed by atoms with Gasteiger partial charge in [0.15, 0.2) is 12.4 Å². The normalized spacial score (nSPS) is 18.0. The fraction of sp³-hybridized carbons (Fsp3) is 0.529. The van der Waals surface area contributed by atoms with Crippen molar-refractivity contribution in [3.05, 3.63) is 35.4 Å². The van der Waals surface area contributed by atoms with Crippen LogP contribution in [-0.2, 0) is 23.6 Å². The molecule has 0 spiro atoms. The summed E-state index contributed by atoms with van der Waals surface area (Å²) in [5.74, 6) is 0.654. The van der Waals surface area contributed by atoms with Crippen molar-refractivity contribution in [1.82, 2.24) is 19.2 Å². The minimum Gasteiger partial charge on any atom is -0.480 e. The van der Waals surface area contributed by atoms with E-state index in [0.717, 1.165) is 17.1 Å². The average Bonchev–Trinajstić information content (AvgIpc) is 3.09. The summed E-state index contributed by atoms with van der Waals surface area (Å²) in [4.78, 5) is 14.6. The summed E-state index contributed by atoms with van der Waals surface area (Å²) in [7, 11) is 3.84. The number of carbonyl (C=O) groups is 1. The zero-order valence-electron chi connectivity index (χ0n) is 14.7. The molecule has 0 aliphatic carbocycles. The van der Waals surface area contributed by atoms with Crippen LogP contribution in [0.5, 0.6) is 5.75 Å². The van der Waals surface area contributed by atoms with E-state index < -0.39 is 0 Å². The third kappa shape index (κ3) is 3.03. The van der Waals surface area contributed by atoms with Crippen molar-refractivity contribution in [3.8, 4) is 5.75 Å². The standard InChI is InChI=1S/C17H24N4O3/c1-12-17(13(2)20(4)18-12)24-11-16(22)21-8-9-23-10-15(21)14-6-5-7-19(14)3/h5-7,15H,8-11H2,1-4H3/t15-/m1/s1. The Kier molecular flexibility index (Phi) is 4.62. The third-order valence-electron chi connectivity index (χ3n) is 4.56. The van der Waals surface area contributed by atoms with Crippen LogP contribution in [0.4, 0.5) is 0 Å². The summed E-state index contributed by atoms with van der Waals surface area (Å²) in [6.45, 7) is 5.46. The second kappa shape index (κ2) is 6.68. The van der Waals surface area contributed by atoms with Gasteiger partial charge < -0.3 is 18.9 Å². The van der Waals surface area contributed by atoms with Gasteiger partial charge >= 0.3 is 0 Å². The van der Waals surface area contributed by atoms with Gasteiger partial charge in [0.05, 0.1) is 24.9 Å². The first-order valence-electron chi connectivity index (χ1n) is 8.10. The van der Waals surface area contributed by atoms with Gasteiger partial charge in [-0.1, -0.05) is 0 Å². The highest BCUT2D eigenvalue weighted by Gasteiger charge is 2.30. The zero-order chi connectivity index (χ0) is 17.3. The quantitative estimate of drug-likeness (QED) is 0.848. The molecule has 0 unspecified atom stereocenters. The smallest absolute Gasteiger partial charge is 0.261 e. The summed E-state index contributed by atoms with van der Waals surface area (Å²) in [5.41, 5.74) is 2.78. The molecule has 0 bridgehead atoms. The van der Waals surface area contributed by atoms with Gasteiger partial charge in [-0.25, -0.2) is 0 Å². The van der Waals surface area contributed by atoms with Crippen LogP contribution in [0.15, 0.2) is 18.3 Å². The van der Waals surface area contributed by atoms with Crippen LogP contribution >= 0.6 is 0 Å². The molecular weight excluding hydrogens is 308 g/mol. The molecule has 1 atom stereocenters. The molecule has 0 aromatic carbocycles. The molecule has 1 aliphatic heterocycles. The highest BCUT2D eigenvalue weighted by molar-refractivity contribution is 5.78. The Hall–Kier alpha value is -2.28. The molecule has 1 saturated heterocycles. The van der Waals surface area contributed by atoms with Crippen molar-refractivity contribution in [3.63, 3.8) is 0 Å². The van der Waals surface area contributed by atoms with E-state index in [2.05, 4.69) is 5.10 Å². The van der Waals surface area contributed by atoms with E-state index in [4.69, 9.17) is 9.47 Å². The van der Waals surface area contributed by atoms with Gasteiger partial charge in [-0.3, -0.25) is 9.48 Å². The zero-order valence-corrected chi connectivity index (χ0v) is 14.7. The molecule has 1 fully saturated rings.